The molecule has 106 valence electrons. The molecule has 20 heavy (non-hydrogen) atoms. The molecule has 0 radical (unpaired) electrons. The number of rotatable bonds is 5. The first-order chi connectivity index (χ1) is 9.54. The molecule has 0 aliphatic carbocycles. The van der Waals surface area contributed by atoms with Gasteiger partial charge in [-0.25, -0.2) is 9.97 Å². The van der Waals surface area contributed by atoms with E-state index in [1.807, 2.05) is 26.0 Å². The van der Waals surface area contributed by atoms with Crippen molar-refractivity contribution in [2.75, 3.05) is 5.32 Å². The van der Waals surface area contributed by atoms with Gasteiger partial charge in [-0.15, -0.1) is 0 Å². The molecule has 0 saturated heterocycles. The number of aromatic nitrogens is 3. The Bertz CT molecular complexity index is 637. The van der Waals surface area contributed by atoms with Crippen molar-refractivity contribution >= 4 is 5.82 Å². The molecule has 2 heterocycles. The third-order valence-corrected chi connectivity index (χ3v) is 2.52. The van der Waals surface area contributed by atoms with E-state index >= 15 is 0 Å². The molecule has 2 N–H and O–H groups in total. The standard InChI is InChI=1S/C14H18N4O2/c1-9(2)20-14-11(5-4-6-15-14)8-16-12-7-13(19)18-10(3)17-12/h4-7,9H,8H2,1-3H3,(H2,16,17,18,19). The maximum atomic E-state index is 11.4. The lowest BCUT2D eigenvalue weighted by Gasteiger charge is -2.13. The Balaban J connectivity index is 2.12. The number of hydrogen-bond acceptors (Lipinski definition) is 5. The minimum atomic E-state index is -0.176. The van der Waals surface area contributed by atoms with Crippen LogP contribution in [0.5, 0.6) is 5.88 Å². The quantitative estimate of drug-likeness (QED) is 0.870. The molecular formula is C14H18N4O2. The topological polar surface area (TPSA) is 79.9 Å². The van der Waals surface area contributed by atoms with Crippen molar-refractivity contribution in [1.29, 1.82) is 0 Å². The fourth-order valence-electron chi connectivity index (χ4n) is 1.74. The van der Waals surface area contributed by atoms with Gasteiger partial charge in [0.05, 0.1) is 6.10 Å². The van der Waals surface area contributed by atoms with Gasteiger partial charge in [-0.3, -0.25) is 4.79 Å². The molecule has 6 heteroatoms. The monoisotopic (exact) mass is 274 g/mol. The highest BCUT2D eigenvalue weighted by Gasteiger charge is 2.07. The molecule has 0 amide bonds. The zero-order valence-electron chi connectivity index (χ0n) is 11.8. The molecule has 0 aliphatic rings. The van der Waals surface area contributed by atoms with E-state index < -0.39 is 0 Å². The number of aryl methyl sites for hydroxylation is 1. The Morgan fingerprint density at radius 3 is 2.95 bits per heavy atom. The van der Waals surface area contributed by atoms with E-state index in [0.29, 0.717) is 24.1 Å². The predicted octanol–water partition coefficient (Wildman–Crippen LogP) is 1.87. The van der Waals surface area contributed by atoms with Gasteiger partial charge >= 0.3 is 0 Å². The molecule has 0 aromatic carbocycles. The van der Waals surface area contributed by atoms with Gasteiger partial charge in [0.15, 0.2) is 0 Å². The van der Waals surface area contributed by atoms with Crippen molar-refractivity contribution in [3.63, 3.8) is 0 Å². The van der Waals surface area contributed by atoms with Crippen LogP contribution >= 0.6 is 0 Å². The summed E-state index contributed by atoms with van der Waals surface area (Å²) in [5.74, 6) is 1.70. The SMILES string of the molecule is Cc1nc(NCc2cccnc2OC(C)C)cc(=O)[nH]1. The van der Waals surface area contributed by atoms with E-state index in [4.69, 9.17) is 4.74 Å². The maximum Gasteiger partial charge on any atom is 0.252 e. The molecule has 0 aliphatic heterocycles. The van der Waals surface area contributed by atoms with Crippen molar-refractivity contribution in [2.45, 2.75) is 33.4 Å². The van der Waals surface area contributed by atoms with Crippen LogP contribution in [0, 0.1) is 6.92 Å². The summed E-state index contributed by atoms with van der Waals surface area (Å²) in [4.78, 5) is 22.4. The van der Waals surface area contributed by atoms with Crippen LogP contribution in [0.1, 0.15) is 25.2 Å². The molecular weight excluding hydrogens is 256 g/mol. The second kappa shape index (κ2) is 6.18. The highest BCUT2D eigenvalue weighted by Crippen LogP contribution is 2.17. The Kier molecular flexibility index (Phi) is 4.34. The Morgan fingerprint density at radius 2 is 2.25 bits per heavy atom. The van der Waals surface area contributed by atoms with Gasteiger partial charge in [-0.1, -0.05) is 6.07 Å². The minimum absolute atomic E-state index is 0.0589. The van der Waals surface area contributed by atoms with Crippen LogP contribution in [-0.2, 0) is 6.54 Å². The second-order valence-electron chi connectivity index (χ2n) is 4.70. The van der Waals surface area contributed by atoms with E-state index in [2.05, 4.69) is 20.3 Å². The van der Waals surface area contributed by atoms with E-state index in [1.165, 1.54) is 6.07 Å². The highest BCUT2D eigenvalue weighted by atomic mass is 16.5. The smallest absolute Gasteiger partial charge is 0.252 e. The summed E-state index contributed by atoms with van der Waals surface area (Å²) in [6, 6.07) is 5.20. The summed E-state index contributed by atoms with van der Waals surface area (Å²) in [6.45, 7) is 6.14. The number of nitrogens with zero attached hydrogens (tertiary/aromatic N) is 2. The van der Waals surface area contributed by atoms with Gasteiger partial charge in [0.25, 0.3) is 5.56 Å². The van der Waals surface area contributed by atoms with Crippen LogP contribution in [0.4, 0.5) is 5.82 Å². The first kappa shape index (κ1) is 14.0. The lowest BCUT2D eigenvalue weighted by molar-refractivity contribution is 0.230. The van der Waals surface area contributed by atoms with E-state index in [1.54, 1.807) is 13.1 Å². The number of aromatic amines is 1. The molecule has 0 spiro atoms. The molecule has 2 aromatic rings. The van der Waals surface area contributed by atoms with Crippen molar-refractivity contribution in [2.24, 2.45) is 0 Å². The minimum Gasteiger partial charge on any atom is -0.475 e. The summed E-state index contributed by atoms with van der Waals surface area (Å²) < 4.78 is 5.64. The fraction of sp³-hybridized carbons (Fsp3) is 0.357. The summed E-state index contributed by atoms with van der Waals surface area (Å²) in [7, 11) is 0. The van der Waals surface area contributed by atoms with Crippen molar-refractivity contribution in [3.8, 4) is 5.88 Å². The van der Waals surface area contributed by atoms with Gasteiger partial charge < -0.3 is 15.0 Å². The van der Waals surface area contributed by atoms with Crippen LogP contribution < -0.4 is 15.6 Å². The van der Waals surface area contributed by atoms with Crippen LogP contribution in [-0.4, -0.2) is 21.1 Å². The molecule has 0 bridgehead atoms. The van der Waals surface area contributed by atoms with Crippen LogP contribution in [0.2, 0.25) is 0 Å². The summed E-state index contributed by atoms with van der Waals surface area (Å²) >= 11 is 0. The van der Waals surface area contributed by atoms with Crippen molar-refractivity contribution in [3.05, 3.63) is 46.1 Å². The first-order valence-corrected chi connectivity index (χ1v) is 6.47. The molecule has 0 atom stereocenters. The van der Waals surface area contributed by atoms with E-state index in [9.17, 15) is 4.79 Å². The molecule has 6 nitrogen and oxygen atoms in total. The first-order valence-electron chi connectivity index (χ1n) is 6.47. The predicted molar refractivity (Wildman–Crippen MR) is 76.9 cm³/mol. The third kappa shape index (κ3) is 3.81. The van der Waals surface area contributed by atoms with Gasteiger partial charge in [-0.2, -0.15) is 0 Å². The fourth-order valence-corrected chi connectivity index (χ4v) is 1.74. The average Bonchev–Trinajstić information content (AvgIpc) is 2.36. The van der Waals surface area contributed by atoms with E-state index in [-0.39, 0.29) is 11.7 Å². The summed E-state index contributed by atoms with van der Waals surface area (Å²) in [5, 5.41) is 3.11. The van der Waals surface area contributed by atoms with Crippen molar-refractivity contribution in [1.82, 2.24) is 15.0 Å². The average molecular weight is 274 g/mol. The van der Waals surface area contributed by atoms with Gasteiger partial charge in [0.2, 0.25) is 5.88 Å². The number of pyridine rings is 1. The number of H-pyrrole nitrogens is 1. The van der Waals surface area contributed by atoms with Gasteiger partial charge in [-0.05, 0) is 26.8 Å². The van der Waals surface area contributed by atoms with Crippen LogP contribution in [0.25, 0.3) is 0 Å². The van der Waals surface area contributed by atoms with Crippen LogP contribution in [0.15, 0.2) is 29.2 Å². The molecule has 2 rings (SSSR count). The highest BCUT2D eigenvalue weighted by molar-refractivity contribution is 5.36. The van der Waals surface area contributed by atoms with Crippen molar-refractivity contribution < 1.29 is 4.74 Å². The second-order valence-corrected chi connectivity index (χ2v) is 4.70. The maximum absolute atomic E-state index is 11.4. The third-order valence-electron chi connectivity index (χ3n) is 2.52. The zero-order chi connectivity index (χ0) is 14.5. The summed E-state index contributed by atoms with van der Waals surface area (Å²) in [6.07, 6.45) is 1.75. The Hall–Kier alpha value is -2.37. The van der Waals surface area contributed by atoms with E-state index in [0.717, 1.165) is 5.56 Å². The molecule has 2 aromatic heterocycles. The Morgan fingerprint density at radius 1 is 1.45 bits per heavy atom. The number of ether oxygens (including phenoxy) is 1. The van der Waals surface area contributed by atoms with Crippen LogP contribution in [0.3, 0.4) is 0 Å². The molecule has 0 unspecified atom stereocenters. The number of nitrogens with one attached hydrogen (secondary N) is 2. The summed E-state index contributed by atoms with van der Waals surface area (Å²) in [5.41, 5.74) is 0.741. The number of anilines is 1. The largest absolute Gasteiger partial charge is 0.475 e. The lowest BCUT2D eigenvalue weighted by Crippen LogP contribution is -2.13. The zero-order valence-corrected chi connectivity index (χ0v) is 11.8. The normalized spacial score (nSPS) is 10.6. The molecule has 0 fully saturated rings. The Labute approximate surface area is 117 Å². The van der Waals surface area contributed by atoms with Gasteiger partial charge in [0, 0.05) is 24.4 Å². The number of hydrogen-bond donors (Lipinski definition) is 2. The van der Waals surface area contributed by atoms with Gasteiger partial charge in [0.1, 0.15) is 11.6 Å². The molecule has 0 saturated carbocycles. The lowest BCUT2D eigenvalue weighted by atomic mass is 10.2.